The van der Waals surface area contributed by atoms with E-state index in [0.717, 1.165) is 36.9 Å². The Bertz CT molecular complexity index is 1090. The van der Waals surface area contributed by atoms with E-state index >= 15 is 0 Å². The number of hydrogen-bond acceptors (Lipinski definition) is 6. The maximum absolute atomic E-state index is 13.3. The van der Waals surface area contributed by atoms with Crippen LogP contribution in [0.1, 0.15) is 59.1 Å². The minimum atomic E-state index is -2.83. The van der Waals surface area contributed by atoms with Gasteiger partial charge in [0.2, 0.25) is 5.89 Å². The van der Waals surface area contributed by atoms with Crippen molar-refractivity contribution in [3.8, 4) is 11.5 Å². The van der Waals surface area contributed by atoms with Crippen LogP contribution in [0.3, 0.4) is 0 Å². The van der Waals surface area contributed by atoms with E-state index in [1.807, 2.05) is 25.5 Å². The van der Waals surface area contributed by atoms with Gasteiger partial charge in [-0.05, 0) is 30.5 Å². The van der Waals surface area contributed by atoms with Crippen LogP contribution in [-0.4, -0.2) is 42.4 Å². The third-order valence-corrected chi connectivity index (χ3v) is 5.66. The van der Waals surface area contributed by atoms with E-state index < -0.39 is 12.3 Å². The van der Waals surface area contributed by atoms with E-state index in [2.05, 4.69) is 20.3 Å². The lowest BCUT2D eigenvalue weighted by Crippen LogP contribution is -2.47. The molecule has 10 heteroatoms. The summed E-state index contributed by atoms with van der Waals surface area (Å²) in [6.07, 6.45) is 4.08. The fraction of sp³-hybridized carbons (Fsp3) is 0.400. The quantitative estimate of drug-likeness (QED) is 0.650. The van der Waals surface area contributed by atoms with Gasteiger partial charge in [-0.1, -0.05) is 12.5 Å². The van der Waals surface area contributed by atoms with Gasteiger partial charge in [0.15, 0.2) is 0 Å². The fourth-order valence-corrected chi connectivity index (χ4v) is 4.22. The molecule has 3 aromatic rings. The van der Waals surface area contributed by atoms with E-state index in [4.69, 9.17) is 4.42 Å². The lowest BCUT2D eigenvalue weighted by atomic mass is 9.99. The maximum Gasteiger partial charge on any atom is 0.314 e. The van der Waals surface area contributed by atoms with Crippen molar-refractivity contribution in [3.63, 3.8) is 0 Å². The second-order valence-corrected chi connectivity index (χ2v) is 7.60. The first-order valence-corrected chi connectivity index (χ1v) is 9.83. The summed E-state index contributed by atoms with van der Waals surface area (Å²) in [5.74, 6) is -0.868. The average molecular weight is 414 g/mol. The molecule has 0 saturated carbocycles. The molecule has 1 fully saturated rings. The number of aryl methyl sites for hydroxylation is 1. The van der Waals surface area contributed by atoms with Crippen molar-refractivity contribution in [2.45, 2.75) is 38.3 Å². The van der Waals surface area contributed by atoms with E-state index in [-0.39, 0.29) is 17.8 Å². The van der Waals surface area contributed by atoms with Crippen LogP contribution in [0.2, 0.25) is 0 Å². The molecule has 4 heterocycles. The number of amides is 1. The first-order chi connectivity index (χ1) is 14.5. The Morgan fingerprint density at radius 2 is 2.10 bits per heavy atom. The number of piperidine rings is 1. The summed E-state index contributed by atoms with van der Waals surface area (Å²) in [4.78, 5) is 13.3. The number of carbonyl (C=O) groups excluding carboxylic acids is 1. The molecule has 8 nitrogen and oxygen atoms in total. The van der Waals surface area contributed by atoms with Crippen LogP contribution >= 0.6 is 0 Å². The van der Waals surface area contributed by atoms with Crippen molar-refractivity contribution in [1.29, 1.82) is 0 Å². The summed E-state index contributed by atoms with van der Waals surface area (Å²) >= 11 is 0. The summed E-state index contributed by atoms with van der Waals surface area (Å²) in [5.41, 5.74) is 2.95. The molecule has 1 unspecified atom stereocenters. The number of hydrazine groups is 1. The van der Waals surface area contributed by atoms with Crippen molar-refractivity contribution >= 4 is 5.91 Å². The molecule has 1 atom stereocenters. The molecule has 1 amide bonds. The number of alkyl halides is 2. The molecule has 156 valence electrons. The number of benzene rings is 1. The topological polar surface area (TPSA) is 80.3 Å². The molecule has 1 aromatic carbocycles. The zero-order valence-electron chi connectivity index (χ0n) is 16.3. The number of carbonyl (C=O) groups is 1. The zero-order chi connectivity index (χ0) is 20.8. The van der Waals surface area contributed by atoms with E-state index in [9.17, 15) is 13.6 Å². The molecule has 1 saturated heterocycles. The highest BCUT2D eigenvalue weighted by Crippen LogP contribution is 2.37. The summed E-state index contributed by atoms with van der Waals surface area (Å²) in [7, 11) is 1.88. The largest absolute Gasteiger partial charge is 0.415 e. The Morgan fingerprint density at radius 3 is 2.83 bits per heavy atom. The van der Waals surface area contributed by atoms with E-state index in [0.29, 0.717) is 17.7 Å². The van der Waals surface area contributed by atoms with Gasteiger partial charge in [-0.3, -0.25) is 14.5 Å². The maximum atomic E-state index is 13.3. The Labute approximate surface area is 171 Å². The molecule has 0 aliphatic carbocycles. The van der Waals surface area contributed by atoms with Gasteiger partial charge in [0.1, 0.15) is 0 Å². The molecule has 5 rings (SSSR count). The number of aromatic nitrogens is 4. The van der Waals surface area contributed by atoms with Gasteiger partial charge in [0, 0.05) is 36.5 Å². The minimum Gasteiger partial charge on any atom is -0.415 e. The fourth-order valence-electron chi connectivity index (χ4n) is 4.22. The molecule has 0 bridgehead atoms. The molecule has 2 aliphatic heterocycles. The number of nitrogens with zero attached hydrogens (tertiary/aromatic N) is 6. The van der Waals surface area contributed by atoms with Gasteiger partial charge in [-0.15, -0.1) is 10.2 Å². The van der Waals surface area contributed by atoms with Crippen LogP contribution < -0.4 is 0 Å². The Balaban J connectivity index is 1.43. The molecule has 0 N–H and O–H groups in total. The van der Waals surface area contributed by atoms with Crippen LogP contribution in [0.25, 0.3) is 11.5 Å². The van der Waals surface area contributed by atoms with Crippen LogP contribution in [-0.2, 0) is 13.6 Å². The van der Waals surface area contributed by atoms with Crippen LogP contribution in [0.15, 0.2) is 35.0 Å². The van der Waals surface area contributed by atoms with Gasteiger partial charge in [0.25, 0.3) is 11.8 Å². The third kappa shape index (κ3) is 3.17. The summed E-state index contributed by atoms with van der Waals surface area (Å²) < 4.78 is 32.3. The standard InChI is InChI=1S/C20H20F2N6O2/c1-26-10-14(9-23-26)16-4-2-3-7-27(16)28-11-13-6-5-12(8-15(13)20(28)29)18-24-25-19(30-18)17(21)22/h5-6,8-10,16-17H,2-4,7,11H2,1H3. The predicted octanol–water partition coefficient (Wildman–Crippen LogP) is 3.51. The number of rotatable bonds is 4. The molecule has 0 spiro atoms. The summed E-state index contributed by atoms with van der Waals surface area (Å²) in [6.45, 7) is 1.25. The van der Waals surface area contributed by atoms with Crippen LogP contribution in [0, 0.1) is 0 Å². The van der Waals surface area contributed by atoms with Gasteiger partial charge >= 0.3 is 6.43 Å². The second-order valence-electron chi connectivity index (χ2n) is 7.60. The van der Waals surface area contributed by atoms with Gasteiger partial charge in [0.05, 0.1) is 18.8 Å². The monoisotopic (exact) mass is 414 g/mol. The lowest BCUT2D eigenvalue weighted by Gasteiger charge is -2.40. The average Bonchev–Trinajstić information content (AvgIpc) is 3.47. The minimum absolute atomic E-state index is 0.0226. The second kappa shape index (κ2) is 7.28. The highest BCUT2D eigenvalue weighted by Gasteiger charge is 2.37. The smallest absolute Gasteiger partial charge is 0.314 e. The third-order valence-electron chi connectivity index (χ3n) is 5.66. The van der Waals surface area contributed by atoms with Gasteiger partial charge in [-0.25, -0.2) is 5.01 Å². The summed E-state index contributed by atoms with van der Waals surface area (Å²) in [5, 5.41) is 15.2. The predicted molar refractivity (Wildman–Crippen MR) is 101 cm³/mol. The van der Waals surface area contributed by atoms with Crippen molar-refractivity contribution < 1.29 is 18.0 Å². The van der Waals surface area contributed by atoms with Crippen molar-refractivity contribution in [2.75, 3.05) is 6.54 Å². The first-order valence-electron chi connectivity index (χ1n) is 9.83. The van der Waals surface area contributed by atoms with Gasteiger partial charge < -0.3 is 4.42 Å². The highest BCUT2D eigenvalue weighted by atomic mass is 19.3. The molecular formula is C20H20F2N6O2. The van der Waals surface area contributed by atoms with Crippen molar-refractivity contribution in [2.24, 2.45) is 7.05 Å². The van der Waals surface area contributed by atoms with Crippen LogP contribution in [0.4, 0.5) is 8.78 Å². The highest BCUT2D eigenvalue weighted by molar-refractivity contribution is 5.99. The number of halogens is 2. The SMILES string of the molecule is Cn1cc(C2CCCCN2N2Cc3ccc(-c4nnc(C(F)F)o4)cc3C2=O)cn1. The Morgan fingerprint density at radius 1 is 1.23 bits per heavy atom. The molecule has 2 aromatic heterocycles. The Kier molecular flexibility index (Phi) is 4.58. The number of fused-ring (bicyclic) bond motifs is 1. The van der Waals surface area contributed by atoms with Crippen molar-refractivity contribution in [1.82, 2.24) is 30.0 Å². The van der Waals surface area contributed by atoms with E-state index in [1.54, 1.807) is 21.8 Å². The van der Waals surface area contributed by atoms with Crippen molar-refractivity contribution in [3.05, 3.63) is 53.2 Å². The molecular weight excluding hydrogens is 394 g/mol. The Hall–Kier alpha value is -3.14. The normalized spacial score (nSPS) is 19.7. The molecule has 2 aliphatic rings. The van der Waals surface area contributed by atoms with Crippen LogP contribution in [0.5, 0.6) is 0 Å². The summed E-state index contributed by atoms with van der Waals surface area (Å²) in [6, 6.07) is 5.27. The van der Waals surface area contributed by atoms with E-state index in [1.165, 1.54) is 0 Å². The van der Waals surface area contributed by atoms with Gasteiger partial charge in [-0.2, -0.15) is 13.9 Å². The molecule has 30 heavy (non-hydrogen) atoms. The molecule has 0 radical (unpaired) electrons. The zero-order valence-corrected chi connectivity index (χ0v) is 16.3. The lowest BCUT2D eigenvalue weighted by molar-refractivity contribution is -0.0560. The first kappa shape index (κ1) is 18.9. The number of hydrogen-bond donors (Lipinski definition) is 0.